The number of amides is 3. The third-order valence-electron chi connectivity index (χ3n) is 16.8. The zero-order valence-electron chi connectivity index (χ0n) is 46.6. The van der Waals surface area contributed by atoms with E-state index in [9.17, 15) is 19.2 Å². The van der Waals surface area contributed by atoms with E-state index in [1.807, 2.05) is 27.8 Å². The number of carbonyl (C=O) groups excluding carboxylic acids is 3. The van der Waals surface area contributed by atoms with E-state index < -0.39 is 5.97 Å². The number of piperazine rings is 2. The van der Waals surface area contributed by atoms with E-state index in [-0.39, 0.29) is 30.1 Å². The number of hydrogen-bond acceptors (Lipinski definition) is 18. The zero-order valence-corrected chi connectivity index (χ0v) is 52.9. The molecule has 0 unspecified atom stereocenters. The van der Waals surface area contributed by atoms with Gasteiger partial charge in [-0.05, 0) is 68.7 Å². The van der Waals surface area contributed by atoms with Crippen LogP contribution in [0.5, 0.6) is 0 Å². The van der Waals surface area contributed by atoms with Gasteiger partial charge in [0.05, 0.1) is 41.0 Å². The van der Waals surface area contributed by atoms with Crippen LogP contribution in [0.3, 0.4) is 0 Å². The van der Waals surface area contributed by atoms with Crippen LogP contribution in [0.15, 0.2) is 47.4 Å². The molecule has 0 bridgehead atoms. The van der Waals surface area contributed by atoms with Crippen LogP contribution >= 0.6 is 91.8 Å². The molecule has 0 aromatic carbocycles. The molecule has 4 saturated heterocycles. The maximum Gasteiger partial charge on any atom is 0.303 e. The van der Waals surface area contributed by atoms with E-state index >= 15 is 0 Å². The molecule has 18 nitrogen and oxygen atoms in total. The molecule has 84 heavy (non-hydrogen) atoms. The molecule has 6 aromatic heterocycles. The standard InChI is InChI=1S/C30H36Cl2N6O3S2.C28H33Cl2N7O2S2/c31-21-16-24(42-18-21)26-29(38-12-10-36(11-13-38)22-4-2-1-3-5-22)43-30(34-26)35-28(41)20-15-23(32)27(33-17-20)37-8-6-19(7-9-37)14-25(39)40;29-19-15-22(40-17-19)24-27(37-12-10-35(11-13-37)20-4-2-1-3-5-20)41-28(33-24)34-26(39)18-14-21(30)25(32-16-18)36-8-6-23(38)31-7-9-36/h15-19,22H,1-14H2,(H,39,40)(H,34,35,41);14-17,20H,1-13H2,(H,31,38)(H,33,34,39). The summed E-state index contributed by atoms with van der Waals surface area (Å²) in [6.45, 7) is 10.9. The van der Waals surface area contributed by atoms with Crippen molar-refractivity contribution in [2.24, 2.45) is 5.92 Å². The van der Waals surface area contributed by atoms with Gasteiger partial charge >= 0.3 is 5.97 Å². The minimum atomic E-state index is -0.763. The molecule has 10 heterocycles. The molecule has 12 rings (SSSR count). The number of nitrogens with one attached hydrogen (secondary N) is 3. The van der Waals surface area contributed by atoms with E-state index in [4.69, 9.17) is 61.5 Å². The number of piperidine rings is 1. The van der Waals surface area contributed by atoms with Crippen molar-refractivity contribution in [1.82, 2.24) is 35.1 Å². The van der Waals surface area contributed by atoms with Gasteiger partial charge in [-0.2, -0.15) is 0 Å². The van der Waals surface area contributed by atoms with Crippen molar-refractivity contribution in [2.45, 2.75) is 102 Å². The lowest BCUT2D eigenvalue weighted by Gasteiger charge is -2.41. The van der Waals surface area contributed by atoms with Crippen LogP contribution in [0.4, 0.5) is 31.9 Å². The second-order valence-corrected chi connectivity index (χ2v) is 27.8. The van der Waals surface area contributed by atoms with Crippen molar-refractivity contribution in [3.63, 3.8) is 0 Å². The zero-order chi connectivity index (χ0) is 58.3. The predicted molar refractivity (Wildman–Crippen MR) is 344 cm³/mol. The number of halogens is 4. The number of carboxylic acids is 1. The smallest absolute Gasteiger partial charge is 0.303 e. The summed E-state index contributed by atoms with van der Waals surface area (Å²) >= 11 is 31.8. The summed E-state index contributed by atoms with van der Waals surface area (Å²) < 4.78 is 0. The SMILES string of the molecule is O=C(O)CC1CCN(c2ncc(C(=O)Nc3nc(-c4cc(Cl)cs4)c(N4CCN(C5CCCCC5)CC4)s3)cc2Cl)CC1.O=C1CCN(c2ncc(C(=O)Nc3nc(-c4cc(Cl)cs4)c(N4CCN(C5CCCCC5)CC4)s3)cc2Cl)CCN1. The number of hydrogen-bond donors (Lipinski definition) is 4. The lowest BCUT2D eigenvalue weighted by atomic mass is 9.93. The van der Waals surface area contributed by atoms with Gasteiger partial charge in [-0.1, -0.05) is 108 Å². The third kappa shape index (κ3) is 15.1. The molecule has 4 N–H and O–H groups in total. The average Bonchev–Trinajstić information content (AvgIpc) is 3.33. The number of aliphatic carboxylic acids is 1. The van der Waals surface area contributed by atoms with Gasteiger partial charge in [-0.25, -0.2) is 19.9 Å². The Kier molecular flexibility index (Phi) is 20.5. The Bertz CT molecular complexity index is 3270. The van der Waals surface area contributed by atoms with Gasteiger partial charge in [0.25, 0.3) is 11.8 Å². The minimum Gasteiger partial charge on any atom is -0.481 e. The fourth-order valence-corrected chi connectivity index (χ4v) is 17.2. The molecule has 0 spiro atoms. The second kappa shape index (κ2) is 28.3. The van der Waals surface area contributed by atoms with Crippen molar-refractivity contribution in [2.75, 3.05) is 115 Å². The molecule has 6 fully saturated rings. The quantitative estimate of drug-likeness (QED) is 0.0803. The molecule has 4 aliphatic heterocycles. The van der Waals surface area contributed by atoms with Crippen molar-refractivity contribution >= 4 is 147 Å². The normalized spacial score (nSPS) is 19.2. The van der Waals surface area contributed by atoms with Gasteiger partial charge in [0.2, 0.25) is 5.91 Å². The van der Waals surface area contributed by atoms with Gasteiger partial charge in [0, 0.05) is 133 Å². The van der Waals surface area contributed by atoms with Crippen LogP contribution in [-0.4, -0.2) is 156 Å². The van der Waals surface area contributed by atoms with E-state index in [0.717, 1.165) is 96.3 Å². The number of pyridine rings is 2. The van der Waals surface area contributed by atoms with E-state index in [1.165, 1.54) is 93.1 Å². The lowest BCUT2D eigenvalue weighted by molar-refractivity contribution is -0.138. The fourth-order valence-electron chi connectivity index (χ4n) is 12.3. The number of thiazole rings is 2. The lowest BCUT2D eigenvalue weighted by Crippen LogP contribution is -2.50. The van der Waals surface area contributed by atoms with Crippen LogP contribution in [-0.2, 0) is 9.59 Å². The third-order valence-corrected chi connectivity index (χ3v) is 22.0. The first-order chi connectivity index (χ1) is 40.8. The Morgan fingerprint density at radius 1 is 0.571 bits per heavy atom. The van der Waals surface area contributed by atoms with Crippen molar-refractivity contribution in [3.05, 3.63) is 78.6 Å². The van der Waals surface area contributed by atoms with Crippen LogP contribution in [0.1, 0.15) is 111 Å². The van der Waals surface area contributed by atoms with E-state index in [1.54, 1.807) is 41.0 Å². The summed E-state index contributed by atoms with van der Waals surface area (Å²) in [7, 11) is 0. The largest absolute Gasteiger partial charge is 0.481 e. The van der Waals surface area contributed by atoms with Crippen LogP contribution in [0, 0.1) is 5.92 Å². The summed E-state index contributed by atoms with van der Waals surface area (Å²) in [6.07, 6.45) is 18.5. The van der Waals surface area contributed by atoms with Crippen LogP contribution < -0.4 is 35.6 Å². The van der Waals surface area contributed by atoms with Crippen molar-refractivity contribution in [3.8, 4) is 21.1 Å². The Labute approximate surface area is 525 Å². The number of aromatic nitrogens is 4. The van der Waals surface area contributed by atoms with Gasteiger partial charge in [-0.3, -0.25) is 39.6 Å². The summed E-state index contributed by atoms with van der Waals surface area (Å²) in [4.78, 5) is 84.1. The molecule has 0 radical (unpaired) electrons. The highest BCUT2D eigenvalue weighted by molar-refractivity contribution is 7.21. The van der Waals surface area contributed by atoms with Crippen molar-refractivity contribution in [1.29, 1.82) is 0 Å². The molecule has 2 saturated carbocycles. The number of nitrogens with zero attached hydrogens (tertiary/aromatic N) is 10. The van der Waals surface area contributed by atoms with Gasteiger partial charge < -0.3 is 30.0 Å². The van der Waals surface area contributed by atoms with E-state index in [2.05, 4.69) is 50.4 Å². The number of anilines is 6. The van der Waals surface area contributed by atoms with E-state index in [0.29, 0.717) is 104 Å². The summed E-state index contributed by atoms with van der Waals surface area (Å²) in [5.74, 6) is -0.0421. The maximum atomic E-state index is 13.3. The Morgan fingerprint density at radius 3 is 1.44 bits per heavy atom. The Balaban J connectivity index is 0.000000176. The number of rotatable bonds is 14. The summed E-state index contributed by atoms with van der Waals surface area (Å²) in [5, 5.41) is 27.0. The maximum absolute atomic E-state index is 13.3. The molecule has 448 valence electrons. The highest BCUT2D eigenvalue weighted by atomic mass is 35.5. The highest BCUT2D eigenvalue weighted by Gasteiger charge is 2.32. The van der Waals surface area contributed by atoms with Crippen LogP contribution in [0.25, 0.3) is 21.1 Å². The second-order valence-electron chi connectivity index (χ2n) is 22.3. The fraction of sp³-hybridized carbons (Fsp3) is 0.517. The molecule has 6 aliphatic rings. The molecule has 26 heteroatoms. The first-order valence-corrected chi connectivity index (χ1v) is 34.1. The van der Waals surface area contributed by atoms with Crippen molar-refractivity contribution < 1.29 is 24.3 Å². The molecular weight excluding hydrogens is 1230 g/mol. The molecule has 0 atom stereocenters. The first-order valence-electron chi connectivity index (χ1n) is 29.2. The first kappa shape index (κ1) is 60.8. The predicted octanol–water partition coefficient (Wildman–Crippen LogP) is 12.6. The monoisotopic (exact) mass is 1300 g/mol. The Morgan fingerprint density at radius 2 is 1.02 bits per heavy atom. The summed E-state index contributed by atoms with van der Waals surface area (Å²) in [6, 6.07) is 8.55. The number of carbonyl (C=O) groups is 4. The Hall–Kier alpha value is -4.88. The molecule has 3 amide bonds. The molecular formula is C58H69Cl4N13O5S4. The van der Waals surface area contributed by atoms with Crippen LogP contribution in [0.2, 0.25) is 20.1 Å². The highest BCUT2D eigenvalue weighted by Crippen LogP contribution is 2.45. The summed E-state index contributed by atoms with van der Waals surface area (Å²) in [5.41, 5.74) is 2.40. The van der Waals surface area contributed by atoms with Gasteiger partial charge in [-0.15, -0.1) is 22.7 Å². The number of carboxylic acid groups (broad SMARTS) is 1. The average molecular weight is 1300 g/mol. The van der Waals surface area contributed by atoms with Gasteiger partial charge in [0.15, 0.2) is 10.3 Å². The van der Waals surface area contributed by atoms with Gasteiger partial charge in [0.1, 0.15) is 33.0 Å². The molecule has 6 aromatic rings. The minimum absolute atomic E-state index is 0.0118. The topological polar surface area (TPSA) is 196 Å². The number of thiophene rings is 2. The molecule has 2 aliphatic carbocycles.